The molecule has 0 spiro atoms. The minimum Gasteiger partial charge on any atom is -0.507 e. The largest absolute Gasteiger partial charge is 0.507 e. The van der Waals surface area contributed by atoms with Crippen LogP contribution >= 0.6 is 0 Å². The fourth-order valence-electron chi connectivity index (χ4n) is 1.72. The quantitative estimate of drug-likeness (QED) is 0.847. The van der Waals surface area contributed by atoms with Gasteiger partial charge in [-0.3, -0.25) is 4.79 Å². The molecule has 0 heterocycles. The molecule has 2 rings (SSSR count). The number of carbonyl (C=O) groups is 1. The Balaban J connectivity index is 2.58. The highest BCUT2D eigenvalue weighted by Crippen LogP contribution is 2.32. The molecule has 0 atom stereocenters. The molecule has 0 aliphatic heterocycles. The second kappa shape index (κ2) is 4.87. The third-order valence-electron chi connectivity index (χ3n) is 2.63. The van der Waals surface area contributed by atoms with Crippen molar-refractivity contribution in [2.75, 3.05) is 7.11 Å². The van der Waals surface area contributed by atoms with Gasteiger partial charge in [0.05, 0.1) is 12.7 Å². The first kappa shape index (κ1) is 12.1. The third-order valence-corrected chi connectivity index (χ3v) is 2.63. The second-order valence-corrected chi connectivity index (χ2v) is 3.74. The van der Waals surface area contributed by atoms with Gasteiger partial charge in [0.1, 0.15) is 17.3 Å². The zero-order chi connectivity index (χ0) is 13.1. The van der Waals surface area contributed by atoms with Gasteiger partial charge >= 0.3 is 0 Å². The molecule has 2 aromatic rings. The number of hydrogen-bond acceptors (Lipinski definition) is 3. The number of methoxy groups -OCH3 is 1. The molecule has 0 saturated heterocycles. The summed E-state index contributed by atoms with van der Waals surface area (Å²) in [5.74, 6) is -0.114. The molecule has 3 nitrogen and oxygen atoms in total. The zero-order valence-electron chi connectivity index (χ0n) is 9.68. The summed E-state index contributed by atoms with van der Waals surface area (Å²) in [7, 11) is 1.44. The maximum Gasteiger partial charge on any atom is 0.153 e. The summed E-state index contributed by atoms with van der Waals surface area (Å²) in [5.41, 5.74) is 1.51. The van der Waals surface area contributed by atoms with Crippen molar-refractivity contribution in [1.82, 2.24) is 0 Å². The average Bonchev–Trinajstić information content (AvgIpc) is 2.39. The van der Waals surface area contributed by atoms with Crippen LogP contribution in [0.25, 0.3) is 11.1 Å². The van der Waals surface area contributed by atoms with Gasteiger partial charge in [-0.15, -0.1) is 0 Å². The predicted octanol–water partition coefficient (Wildman–Crippen LogP) is 3.02. The molecule has 0 aliphatic rings. The van der Waals surface area contributed by atoms with Crippen molar-refractivity contribution in [3.63, 3.8) is 0 Å². The number of aldehydes is 1. The first-order chi connectivity index (χ1) is 8.65. The zero-order valence-corrected chi connectivity index (χ0v) is 9.68. The average molecular weight is 246 g/mol. The van der Waals surface area contributed by atoms with Gasteiger partial charge in [0.2, 0.25) is 0 Å². The molecule has 4 heteroatoms. The maximum absolute atomic E-state index is 13.1. The van der Waals surface area contributed by atoms with Crippen LogP contribution in [0.3, 0.4) is 0 Å². The topological polar surface area (TPSA) is 46.5 Å². The molecule has 0 aromatic heterocycles. The summed E-state index contributed by atoms with van der Waals surface area (Å²) in [5, 5.41) is 9.43. The Hall–Kier alpha value is -2.36. The number of carbonyl (C=O) groups excluding carboxylic acids is 1. The maximum atomic E-state index is 13.1. The van der Waals surface area contributed by atoms with Crippen molar-refractivity contribution in [3.8, 4) is 22.6 Å². The summed E-state index contributed by atoms with van der Waals surface area (Å²) in [6.45, 7) is 0. The summed E-state index contributed by atoms with van der Waals surface area (Å²) in [4.78, 5) is 10.8. The Morgan fingerprint density at radius 3 is 2.67 bits per heavy atom. The van der Waals surface area contributed by atoms with Crippen LogP contribution in [0.1, 0.15) is 10.4 Å². The van der Waals surface area contributed by atoms with E-state index in [1.807, 2.05) is 0 Å². The van der Waals surface area contributed by atoms with Crippen molar-refractivity contribution in [1.29, 1.82) is 0 Å². The normalized spacial score (nSPS) is 10.1. The van der Waals surface area contributed by atoms with Crippen LogP contribution in [-0.2, 0) is 0 Å². The van der Waals surface area contributed by atoms with Crippen LogP contribution in [0.4, 0.5) is 4.39 Å². The number of halogens is 1. The molecule has 0 aliphatic carbocycles. The number of phenols is 1. The predicted molar refractivity (Wildman–Crippen MR) is 65.4 cm³/mol. The minimum atomic E-state index is -0.398. The Labute approximate surface area is 103 Å². The van der Waals surface area contributed by atoms with Crippen LogP contribution in [0.15, 0.2) is 36.4 Å². The van der Waals surface area contributed by atoms with Crippen molar-refractivity contribution in [2.24, 2.45) is 0 Å². The van der Waals surface area contributed by atoms with E-state index in [1.165, 1.54) is 31.4 Å². The van der Waals surface area contributed by atoms with E-state index in [0.717, 1.165) is 0 Å². The summed E-state index contributed by atoms with van der Waals surface area (Å²) in [6.07, 6.45) is 0.564. The van der Waals surface area contributed by atoms with Gasteiger partial charge in [0.25, 0.3) is 0 Å². The molecule has 18 heavy (non-hydrogen) atoms. The first-order valence-electron chi connectivity index (χ1n) is 5.28. The van der Waals surface area contributed by atoms with E-state index in [9.17, 15) is 14.3 Å². The number of benzene rings is 2. The molecule has 92 valence electrons. The Morgan fingerprint density at radius 2 is 2.00 bits per heavy atom. The molecular weight excluding hydrogens is 235 g/mol. The fourth-order valence-corrected chi connectivity index (χ4v) is 1.72. The van der Waals surface area contributed by atoms with Crippen LogP contribution in [0, 0.1) is 5.82 Å². The van der Waals surface area contributed by atoms with Gasteiger partial charge in [-0.05, 0) is 29.8 Å². The molecule has 0 radical (unpaired) electrons. The van der Waals surface area contributed by atoms with Crippen molar-refractivity contribution in [3.05, 3.63) is 47.8 Å². The van der Waals surface area contributed by atoms with E-state index in [-0.39, 0.29) is 11.3 Å². The van der Waals surface area contributed by atoms with Crippen LogP contribution < -0.4 is 4.74 Å². The fraction of sp³-hybridized carbons (Fsp3) is 0.0714. The SMILES string of the molecule is COc1cc(F)ccc1-c1ccc(O)c(C=O)c1. The number of hydrogen-bond donors (Lipinski definition) is 1. The first-order valence-corrected chi connectivity index (χ1v) is 5.28. The number of rotatable bonds is 3. The van der Waals surface area contributed by atoms with E-state index in [0.29, 0.717) is 23.2 Å². The Morgan fingerprint density at radius 1 is 1.22 bits per heavy atom. The molecule has 2 aromatic carbocycles. The molecule has 0 amide bonds. The summed E-state index contributed by atoms with van der Waals surface area (Å²) < 4.78 is 18.2. The third kappa shape index (κ3) is 2.18. The van der Waals surface area contributed by atoms with Gasteiger partial charge in [0.15, 0.2) is 6.29 Å². The molecule has 0 unspecified atom stereocenters. The van der Waals surface area contributed by atoms with Gasteiger partial charge < -0.3 is 9.84 Å². The lowest BCUT2D eigenvalue weighted by molar-refractivity contribution is 0.112. The van der Waals surface area contributed by atoms with Gasteiger partial charge in [-0.2, -0.15) is 0 Å². The monoisotopic (exact) mass is 246 g/mol. The highest BCUT2D eigenvalue weighted by Gasteiger charge is 2.09. The smallest absolute Gasteiger partial charge is 0.153 e. The standard InChI is InChI=1S/C14H11FO3/c1-18-14-7-11(15)3-4-12(14)9-2-5-13(17)10(6-9)8-16/h2-8,17H,1H3. The van der Waals surface area contributed by atoms with Crippen LogP contribution in [0.5, 0.6) is 11.5 Å². The lowest BCUT2D eigenvalue weighted by atomic mass is 10.0. The number of phenolic OH excluding ortho intramolecular Hbond substituents is 1. The molecule has 0 fully saturated rings. The van der Waals surface area contributed by atoms with E-state index in [1.54, 1.807) is 12.1 Å². The number of aromatic hydroxyl groups is 1. The van der Waals surface area contributed by atoms with E-state index in [2.05, 4.69) is 0 Å². The Kier molecular flexibility index (Phi) is 3.28. The highest BCUT2D eigenvalue weighted by molar-refractivity contribution is 5.83. The summed E-state index contributed by atoms with van der Waals surface area (Å²) in [6, 6.07) is 8.72. The van der Waals surface area contributed by atoms with Gasteiger partial charge in [-0.1, -0.05) is 6.07 Å². The molecule has 0 saturated carbocycles. The van der Waals surface area contributed by atoms with Crippen molar-refractivity contribution < 1.29 is 19.0 Å². The highest BCUT2D eigenvalue weighted by atomic mass is 19.1. The number of ether oxygens (including phenoxy) is 1. The lowest BCUT2D eigenvalue weighted by Gasteiger charge is -2.09. The van der Waals surface area contributed by atoms with Crippen LogP contribution in [-0.4, -0.2) is 18.5 Å². The van der Waals surface area contributed by atoms with Gasteiger partial charge in [0, 0.05) is 11.6 Å². The molecule has 1 N–H and O–H groups in total. The molecule has 0 bridgehead atoms. The van der Waals surface area contributed by atoms with Crippen LogP contribution in [0.2, 0.25) is 0 Å². The second-order valence-electron chi connectivity index (χ2n) is 3.74. The molecular formula is C14H11FO3. The van der Waals surface area contributed by atoms with E-state index >= 15 is 0 Å². The minimum absolute atomic E-state index is 0.0881. The lowest BCUT2D eigenvalue weighted by Crippen LogP contribution is -1.90. The van der Waals surface area contributed by atoms with E-state index < -0.39 is 5.82 Å². The van der Waals surface area contributed by atoms with Crippen molar-refractivity contribution >= 4 is 6.29 Å². The van der Waals surface area contributed by atoms with Crippen molar-refractivity contribution in [2.45, 2.75) is 0 Å². The Bertz CT molecular complexity index is 594. The van der Waals surface area contributed by atoms with Gasteiger partial charge in [-0.25, -0.2) is 4.39 Å². The van der Waals surface area contributed by atoms with E-state index in [4.69, 9.17) is 4.74 Å². The summed E-state index contributed by atoms with van der Waals surface area (Å²) >= 11 is 0.